The number of carboxylic acids is 1. The van der Waals surface area contributed by atoms with Crippen molar-refractivity contribution in [3.63, 3.8) is 0 Å². The van der Waals surface area contributed by atoms with Crippen LogP contribution in [0.25, 0.3) is 16.9 Å². The molecule has 0 amide bonds. The number of aromatic nitrogens is 2. The van der Waals surface area contributed by atoms with Crippen molar-refractivity contribution < 1.29 is 14.6 Å². The Bertz CT molecular complexity index is 915. The number of aromatic carboxylic acids is 1. The average Bonchev–Trinajstić information content (AvgIpc) is 3.02. The molecule has 0 saturated heterocycles. The summed E-state index contributed by atoms with van der Waals surface area (Å²) in [5, 5.41) is 15.1. The first kappa shape index (κ1) is 18.0. The highest BCUT2D eigenvalue weighted by molar-refractivity contribution is 6.30. The first-order chi connectivity index (χ1) is 12.5. The van der Waals surface area contributed by atoms with Gasteiger partial charge in [0.2, 0.25) is 0 Å². The number of rotatable bonds is 6. The minimum Gasteiger partial charge on any atom is -0.497 e. The zero-order valence-corrected chi connectivity index (χ0v) is 15.3. The summed E-state index contributed by atoms with van der Waals surface area (Å²) in [6.07, 6.45) is 1.41. The molecule has 0 fully saturated rings. The van der Waals surface area contributed by atoms with Gasteiger partial charge in [-0.3, -0.25) is 0 Å². The van der Waals surface area contributed by atoms with E-state index in [1.54, 1.807) is 36.1 Å². The van der Waals surface area contributed by atoms with E-state index in [1.807, 2.05) is 31.2 Å². The van der Waals surface area contributed by atoms with Crippen LogP contribution in [0, 0.1) is 0 Å². The van der Waals surface area contributed by atoms with Gasteiger partial charge in [-0.1, -0.05) is 37.1 Å². The van der Waals surface area contributed by atoms with E-state index in [0.717, 1.165) is 23.4 Å². The molecule has 134 valence electrons. The van der Waals surface area contributed by atoms with Gasteiger partial charge in [0, 0.05) is 10.6 Å². The van der Waals surface area contributed by atoms with Crippen LogP contribution in [-0.4, -0.2) is 28.0 Å². The number of halogens is 1. The highest BCUT2D eigenvalue weighted by Gasteiger charge is 2.24. The fraction of sp³-hybridized carbons (Fsp3) is 0.200. The lowest BCUT2D eigenvalue weighted by molar-refractivity contribution is 0.0696. The van der Waals surface area contributed by atoms with Gasteiger partial charge in [-0.25, -0.2) is 9.48 Å². The maximum Gasteiger partial charge on any atom is 0.339 e. The summed E-state index contributed by atoms with van der Waals surface area (Å²) in [5.74, 6) is -0.257. The normalized spacial score (nSPS) is 10.7. The lowest BCUT2D eigenvalue weighted by Gasteiger charge is -2.08. The quantitative estimate of drug-likeness (QED) is 0.673. The number of hydrogen-bond acceptors (Lipinski definition) is 3. The number of carbonyl (C=O) groups is 1. The molecule has 0 radical (unpaired) electrons. The number of hydrogen-bond donors (Lipinski definition) is 1. The maximum atomic E-state index is 12.0. The zero-order valence-electron chi connectivity index (χ0n) is 14.6. The van der Waals surface area contributed by atoms with Gasteiger partial charge in [0.15, 0.2) is 0 Å². The van der Waals surface area contributed by atoms with Gasteiger partial charge >= 0.3 is 5.97 Å². The summed E-state index contributed by atoms with van der Waals surface area (Å²) >= 11 is 5.96. The van der Waals surface area contributed by atoms with Gasteiger partial charge in [0.1, 0.15) is 17.0 Å². The SMILES string of the molecule is CCCc1c(C(=O)O)c(-c2ccc(Cl)cc2)nn1-c1ccc(OC)cc1. The van der Waals surface area contributed by atoms with Crippen LogP contribution in [0.3, 0.4) is 0 Å². The van der Waals surface area contributed by atoms with Crippen LogP contribution in [0.2, 0.25) is 5.02 Å². The molecule has 2 aromatic carbocycles. The molecule has 1 N–H and O–H groups in total. The van der Waals surface area contributed by atoms with Crippen molar-refractivity contribution >= 4 is 17.6 Å². The number of carboxylic acid groups (broad SMARTS) is 1. The molecule has 6 heteroatoms. The molecule has 5 nitrogen and oxygen atoms in total. The molecule has 3 rings (SSSR count). The Kier molecular flexibility index (Phi) is 5.28. The second kappa shape index (κ2) is 7.62. The van der Waals surface area contributed by atoms with Crippen molar-refractivity contribution in [2.75, 3.05) is 7.11 Å². The van der Waals surface area contributed by atoms with Crippen LogP contribution in [0.4, 0.5) is 0 Å². The predicted molar refractivity (Wildman–Crippen MR) is 102 cm³/mol. The minimum absolute atomic E-state index is 0.227. The van der Waals surface area contributed by atoms with E-state index < -0.39 is 5.97 Å². The lowest BCUT2D eigenvalue weighted by atomic mass is 10.0. The number of benzene rings is 2. The number of methoxy groups -OCH3 is 1. The summed E-state index contributed by atoms with van der Waals surface area (Å²) in [5.41, 5.74) is 2.85. The Hall–Kier alpha value is -2.79. The standard InChI is InChI=1S/C20H19ClN2O3/c1-3-4-17-18(20(24)25)19(13-5-7-14(21)8-6-13)22-23(17)15-9-11-16(26-2)12-10-15/h5-12H,3-4H2,1-2H3,(H,24,25). The van der Waals surface area contributed by atoms with Crippen molar-refractivity contribution in [1.29, 1.82) is 0 Å². The van der Waals surface area contributed by atoms with Crippen LogP contribution >= 0.6 is 11.6 Å². The van der Waals surface area contributed by atoms with E-state index in [1.165, 1.54) is 0 Å². The molecule has 0 spiro atoms. The van der Waals surface area contributed by atoms with Crippen molar-refractivity contribution in [3.05, 3.63) is 64.8 Å². The summed E-state index contributed by atoms with van der Waals surface area (Å²) in [6.45, 7) is 2.01. The summed E-state index contributed by atoms with van der Waals surface area (Å²) < 4.78 is 6.90. The molecule has 1 aromatic heterocycles. The van der Waals surface area contributed by atoms with Crippen LogP contribution < -0.4 is 4.74 Å². The lowest BCUT2D eigenvalue weighted by Crippen LogP contribution is -2.06. The fourth-order valence-corrected chi connectivity index (χ4v) is 3.02. The smallest absolute Gasteiger partial charge is 0.339 e. The molecule has 0 unspecified atom stereocenters. The van der Waals surface area contributed by atoms with E-state index in [0.29, 0.717) is 22.8 Å². The van der Waals surface area contributed by atoms with Gasteiger partial charge < -0.3 is 9.84 Å². The molecular formula is C20H19ClN2O3. The van der Waals surface area contributed by atoms with Crippen molar-refractivity contribution in [2.45, 2.75) is 19.8 Å². The van der Waals surface area contributed by atoms with E-state index in [4.69, 9.17) is 16.3 Å². The predicted octanol–water partition coefficient (Wildman–Crippen LogP) is 4.85. The summed E-state index contributed by atoms with van der Waals surface area (Å²) in [6, 6.07) is 14.4. The van der Waals surface area contributed by atoms with Crippen LogP contribution in [-0.2, 0) is 6.42 Å². The molecule has 3 aromatic rings. The molecule has 0 bridgehead atoms. The van der Waals surface area contributed by atoms with Crippen LogP contribution in [0.15, 0.2) is 48.5 Å². The second-order valence-corrected chi connectivity index (χ2v) is 6.28. The third-order valence-corrected chi connectivity index (χ3v) is 4.37. The summed E-state index contributed by atoms with van der Waals surface area (Å²) in [4.78, 5) is 12.0. The van der Waals surface area contributed by atoms with Gasteiger partial charge in [-0.15, -0.1) is 0 Å². The van der Waals surface area contributed by atoms with E-state index in [-0.39, 0.29) is 5.56 Å². The molecule has 0 atom stereocenters. The van der Waals surface area contributed by atoms with Crippen LogP contribution in [0.5, 0.6) is 5.75 Å². The second-order valence-electron chi connectivity index (χ2n) is 5.84. The number of nitrogens with zero attached hydrogens (tertiary/aromatic N) is 2. The largest absolute Gasteiger partial charge is 0.497 e. The third-order valence-electron chi connectivity index (χ3n) is 4.12. The van der Waals surface area contributed by atoms with Crippen molar-refractivity contribution in [1.82, 2.24) is 9.78 Å². The average molecular weight is 371 g/mol. The monoisotopic (exact) mass is 370 g/mol. The first-order valence-electron chi connectivity index (χ1n) is 8.30. The van der Waals surface area contributed by atoms with E-state index >= 15 is 0 Å². The molecule has 0 saturated carbocycles. The van der Waals surface area contributed by atoms with Crippen LogP contribution in [0.1, 0.15) is 29.4 Å². The third kappa shape index (κ3) is 3.44. The summed E-state index contributed by atoms with van der Waals surface area (Å²) in [7, 11) is 1.60. The molecule has 26 heavy (non-hydrogen) atoms. The van der Waals surface area contributed by atoms with Gasteiger partial charge in [-0.2, -0.15) is 5.10 Å². The van der Waals surface area contributed by atoms with E-state index in [2.05, 4.69) is 5.10 Å². The Labute approximate surface area is 156 Å². The Balaban J connectivity index is 2.21. The van der Waals surface area contributed by atoms with Gasteiger partial charge in [-0.05, 0) is 42.8 Å². The Morgan fingerprint density at radius 3 is 2.35 bits per heavy atom. The van der Waals surface area contributed by atoms with Gasteiger partial charge in [0.05, 0.1) is 18.5 Å². The van der Waals surface area contributed by atoms with E-state index in [9.17, 15) is 9.90 Å². The first-order valence-corrected chi connectivity index (χ1v) is 8.68. The fourth-order valence-electron chi connectivity index (χ4n) is 2.89. The minimum atomic E-state index is -0.988. The topological polar surface area (TPSA) is 64.3 Å². The van der Waals surface area contributed by atoms with Crippen molar-refractivity contribution in [2.24, 2.45) is 0 Å². The van der Waals surface area contributed by atoms with Gasteiger partial charge in [0.25, 0.3) is 0 Å². The Morgan fingerprint density at radius 1 is 1.15 bits per heavy atom. The van der Waals surface area contributed by atoms with Crippen molar-refractivity contribution in [3.8, 4) is 22.7 Å². The zero-order chi connectivity index (χ0) is 18.7. The number of ether oxygens (including phenoxy) is 1. The Morgan fingerprint density at radius 2 is 1.81 bits per heavy atom. The molecular weight excluding hydrogens is 352 g/mol. The highest BCUT2D eigenvalue weighted by atomic mass is 35.5. The highest BCUT2D eigenvalue weighted by Crippen LogP contribution is 2.30. The maximum absolute atomic E-state index is 12.0. The molecule has 1 heterocycles. The molecule has 0 aliphatic heterocycles. The molecule has 0 aliphatic carbocycles. The molecule has 0 aliphatic rings.